The predicted molar refractivity (Wildman–Crippen MR) is 222 cm³/mol. The van der Waals surface area contributed by atoms with Crippen LogP contribution >= 0.6 is 11.3 Å². The van der Waals surface area contributed by atoms with Crippen LogP contribution in [0, 0.1) is 0 Å². The summed E-state index contributed by atoms with van der Waals surface area (Å²) in [6.07, 6.45) is 0. The molecule has 4 heteroatoms. The zero-order chi connectivity index (χ0) is 33.9. The molecular weight excluding hydrogens is 651 g/mol. The number of benzene rings is 8. The molecule has 0 unspecified atom stereocenters. The van der Waals surface area contributed by atoms with Gasteiger partial charge in [-0.3, -0.25) is 0 Å². The summed E-state index contributed by atoms with van der Waals surface area (Å²) < 4.78 is 9.99. The van der Waals surface area contributed by atoms with Crippen molar-refractivity contribution in [1.82, 2.24) is 13.7 Å². The fraction of sp³-hybridized carbons (Fsp3) is 0. The molecule has 0 amide bonds. The minimum atomic E-state index is 1.16. The molecule has 4 aromatic heterocycles. The van der Waals surface area contributed by atoms with Gasteiger partial charge in [-0.1, -0.05) is 103 Å². The van der Waals surface area contributed by atoms with Crippen LogP contribution in [0.3, 0.4) is 0 Å². The van der Waals surface area contributed by atoms with Gasteiger partial charge >= 0.3 is 0 Å². The highest BCUT2D eigenvalue weighted by molar-refractivity contribution is 7.25. The minimum Gasteiger partial charge on any atom is -0.309 e. The van der Waals surface area contributed by atoms with E-state index in [1.165, 1.54) is 97.0 Å². The summed E-state index contributed by atoms with van der Waals surface area (Å²) in [5.41, 5.74) is 10.8. The molecule has 0 saturated carbocycles. The van der Waals surface area contributed by atoms with E-state index in [0.29, 0.717) is 0 Å². The second-order valence-electron chi connectivity index (χ2n) is 13.7. The molecule has 0 radical (unpaired) electrons. The van der Waals surface area contributed by atoms with Crippen molar-refractivity contribution in [3.8, 4) is 17.1 Å². The number of fused-ring (bicyclic) bond motifs is 13. The second-order valence-corrected chi connectivity index (χ2v) is 14.8. The highest BCUT2D eigenvalue weighted by atomic mass is 32.1. The van der Waals surface area contributed by atoms with Crippen LogP contribution < -0.4 is 0 Å². The molecule has 4 heterocycles. The van der Waals surface area contributed by atoms with Crippen molar-refractivity contribution in [3.05, 3.63) is 176 Å². The van der Waals surface area contributed by atoms with Crippen molar-refractivity contribution in [3.63, 3.8) is 0 Å². The molecule has 12 aromatic rings. The SMILES string of the molecule is c1ccc(-n2c3ccccc3c3ccc4c(c5ccccc5n4-c4ccc5c(c4)c4ccccc4n5-c4ccc5c(c4)sc4ccccc45)c32)cc1. The monoisotopic (exact) mass is 679 g/mol. The average Bonchev–Trinajstić information content (AvgIpc) is 3.94. The summed E-state index contributed by atoms with van der Waals surface area (Å²) in [5, 5.41) is 10.2. The summed E-state index contributed by atoms with van der Waals surface area (Å²) >= 11 is 1.87. The zero-order valence-electron chi connectivity index (χ0n) is 28.0. The number of rotatable bonds is 3. The van der Waals surface area contributed by atoms with Crippen LogP contribution in [0.15, 0.2) is 176 Å². The summed E-state index contributed by atoms with van der Waals surface area (Å²) in [6, 6.07) is 64.6. The van der Waals surface area contributed by atoms with Gasteiger partial charge in [0.15, 0.2) is 0 Å². The zero-order valence-corrected chi connectivity index (χ0v) is 28.8. The highest BCUT2D eigenvalue weighted by Gasteiger charge is 2.22. The van der Waals surface area contributed by atoms with Gasteiger partial charge < -0.3 is 13.7 Å². The maximum Gasteiger partial charge on any atom is 0.0641 e. The third-order valence-corrected chi connectivity index (χ3v) is 12.2. The molecule has 0 fully saturated rings. The second kappa shape index (κ2) is 10.5. The van der Waals surface area contributed by atoms with Crippen LogP contribution in [0.1, 0.15) is 0 Å². The molecule has 0 spiro atoms. The van der Waals surface area contributed by atoms with Crippen molar-refractivity contribution in [1.29, 1.82) is 0 Å². The molecule has 3 nitrogen and oxygen atoms in total. The Morgan fingerprint density at radius 1 is 0.288 bits per heavy atom. The van der Waals surface area contributed by atoms with Gasteiger partial charge in [0.25, 0.3) is 0 Å². The van der Waals surface area contributed by atoms with E-state index < -0.39 is 0 Å². The fourth-order valence-electron chi connectivity index (χ4n) is 8.86. The van der Waals surface area contributed by atoms with Gasteiger partial charge in [0, 0.05) is 69.6 Å². The third-order valence-electron chi connectivity index (χ3n) is 11.0. The fourth-order valence-corrected chi connectivity index (χ4v) is 10.0. The van der Waals surface area contributed by atoms with Crippen LogP contribution in [0.25, 0.3) is 103 Å². The quantitative estimate of drug-likeness (QED) is 0.177. The Labute approximate surface area is 302 Å². The molecule has 0 N–H and O–H groups in total. The summed E-state index contributed by atoms with van der Waals surface area (Å²) in [7, 11) is 0. The first-order valence-electron chi connectivity index (χ1n) is 17.8. The van der Waals surface area contributed by atoms with Crippen molar-refractivity contribution < 1.29 is 0 Å². The van der Waals surface area contributed by atoms with E-state index in [1.54, 1.807) is 0 Å². The number of nitrogens with zero attached hydrogens (tertiary/aromatic N) is 3. The van der Waals surface area contributed by atoms with Crippen molar-refractivity contribution in [2.75, 3.05) is 0 Å². The normalized spacial score (nSPS) is 12.2. The van der Waals surface area contributed by atoms with Gasteiger partial charge in [-0.2, -0.15) is 0 Å². The molecule has 0 aliphatic rings. The molecule has 0 saturated heterocycles. The first-order chi connectivity index (χ1) is 25.8. The van der Waals surface area contributed by atoms with Gasteiger partial charge in [0.2, 0.25) is 0 Å². The van der Waals surface area contributed by atoms with Crippen LogP contribution in [-0.4, -0.2) is 13.7 Å². The van der Waals surface area contributed by atoms with Crippen LogP contribution in [0.5, 0.6) is 0 Å². The van der Waals surface area contributed by atoms with Gasteiger partial charge in [-0.25, -0.2) is 0 Å². The Kier molecular flexibility index (Phi) is 5.65. The van der Waals surface area contributed by atoms with Crippen molar-refractivity contribution in [2.24, 2.45) is 0 Å². The summed E-state index contributed by atoms with van der Waals surface area (Å²) in [6.45, 7) is 0. The Hall–Kier alpha value is -6.62. The predicted octanol–water partition coefficient (Wildman–Crippen LogP) is 13.3. The van der Waals surface area contributed by atoms with E-state index in [0.717, 1.165) is 5.69 Å². The summed E-state index contributed by atoms with van der Waals surface area (Å²) in [5.74, 6) is 0. The summed E-state index contributed by atoms with van der Waals surface area (Å²) in [4.78, 5) is 0. The van der Waals surface area contributed by atoms with Gasteiger partial charge in [0.1, 0.15) is 0 Å². The number of aromatic nitrogens is 3. The van der Waals surface area contributed by atoms with E-state index in [1.807, 2.05) is 11.3 Å². The lowest BCUT2D eigenvalue weighted by Crippen LogP contribution is -1.96. The van der Waals surface area contributed by atoms with Gasteiger partial charge in [-0.15, -0.1) is 11.3 Å². The first-order valence-corrected chi connectivity index (χ1v) is 18.6. The minimum absolute atomic E-state index is 1.16. The van der Waals surface area contributed by atoms with Crippen molar-refractivity contribution in [2.45, 2.75) is 0 Å². The number of hydrogen-bond donors (Lipinski definition) is 0. The molecule has 12 rings (SSSR count). The van der Waals surface area contributed by atoms with Crippen LogP contribution in [0.2, 0.25) is 0 Å². The lowest BCUT2D eigenvalue weighted by molar-refractivity contribution is 1.17. The molecule has 0 atom stereocenters. The number of para-hydroxylation sites is 4. The Balaban J connectivity index is 1.14. The average molecular weight is 680 g/mol. The van der Waals surface area contributed by atoms with Gasteiger partial charge in [-0.05, 0) is 72.8 Å². The third kappa shape index (κ3) is 3.74. The Morgan fingerprint density at radius 3 is 1.62 bits per heavy atom. The Morgan fingerprint density at radius 2 is 0.808 bits per heavy atom. The molecule has 242 valence electrons. The smallest absolute Gasteiger partial charge is 0.0641 e. The lowest BCUT2D eigenvalue weighted by atomic mass is 10.1. The molecule has 8 aromatic carbocycles. The van der Waals surface area contributed by atoms with E-state index in [2.05, 4.69) is 190 Å². The lowest BCUT2D eigenvalue weighted by Gasteiger charge is -2.11. The standard InChI is InChI=1S/C48H29N3S/c1-2-12-30(13-3-1)51-41-19-9-4-14-33(41)37-25-27-44-47(48(37)51)38-17-6-10-20-42(38)50(44)31-23-26-43-39(28-31)34-15-5-8-18-40(34)49(43)32-22-24-36-35-16-7-11-21-45(35)52-46(36)29-32/h1-29H. The van der Waals surface area contributed by atoms with Crippen LogP contribution in [0.4, 0.5) is 0 Å². The molecule has 0 bridgehead atoms. The topological polar surface area (TPSA) is 14.8 Å². The molecule has 52 heavy (non-hydrogen) atoms. The highest BCUT2D eigenvalue weighted by Crippen LogP contribution is 2.43. The maximum absolute atomic E-state index is 2.46. The van der Waals surface area contributed by atoms with Crippen molar-refractivity contribution >= 4 is 96.9 Å². The number of hydrogen-bond acceptors (Lipinski definition) is 1. The first kappa shape index (κ1) is 28.1. The van der Waals surface area contributed by atoms with E-state index in [-0.39, 0.29) is 0 Å². The molecule has 0 aliphatic carbocycles. The Bertz CT molecular complexity index is 3410. The largest absolute Gasteiger partial charge is 0.309 e. The van der Waals surface area contributed by atoms with E-state index in [9.17, 15) is 0 Å². The molecular formula is C48H29N3S. The van der Waals surface area contributed by atoms with Crippen LogP contribution in [-0.2, 0) is 0 Å². The maximum atomic E-state index is 2.46. The molecule has 0 aliphatic heterocycles. The van der Waals surface area contributed by atoms with E-state index >= 15 is 0 Å². The van der Waals surface area contributed by atoms with Gasteiger partial charge in [0.05, 0.1) is 33.1 Å². The van der Waals surface area contributed by atoms with E-state index in [4.69, 9.17) is 0 Å². The number of thiophene rings is 1.